The molecule has 1 aromatic carbocycles. The van der Waals surface area contributed by atoms with Gasteiger partial charge in [0.2, 0.25) is 5.91 Å². The molecule has 1 aliphatic heterocycles. The number of thioether (sulfide) groups is 1. The van der Waals surface area contributed by atoms with Crippen molar-refractivity contribution in [3.63, 3.8) is 0 Å². The first-order valence-corrected chi connectivity index (χ1v) is 9.52. The van der Waals surface area contributed by atoms with E-state index in [-0.39, 0.29) is 17.8 Å². The van der Waals surface area contributed by atoms with Gasteiger partial charge in [-0.3, -0.25) is 14.7 Å². The van der Waals surface area contributed by atoms with Crippen molar-refractivity contribution >= 4 is 40.1 Å². The zero-order chi connectivity index (χ0) is 17.3. The van der Waals surface area contributed by atoms with E-state index in [0.717, 1.165) is 18.0 Å². The average Bonchev–Trinajstić information content (AvgIpc) is 3.14. The van der Waals surface area contributed by atoms with E-state index < -0.39 is 5.82 Å². The normalized spacial score (nSPS) is 23.2. The van der Waals surface area contributed by atoms with Gasteiger partial charge in [-0.2, -0.15) is 0 Å². The molecule has 0 bridgehead atoms. The van der Waals surface area contributed by atoms with Crippen LogP contribution in [0.25, 0.3) is 0 Å². The van der Waals surface area contributed by atoms with Gasteiger partial charge in [0.1, 0.15) is 12.0 Å². The van der Waals surface area contributed by atoms with Crippen LogP contribution in [-0.2, 0) is 4.79 Å². The number of rotatable bonds is 3. The van der Waals surface area contributed by atoms with Crippen LogP contribution in [0.4, 0.5) is 10.1 Å². The third-order valence-electron chi connectivity index (χ3n) is 4.53. The van der Waals surface area contributed by atoms with Gasteiger partial charge in [-0.25, -0.2) is 4.39 Å². The minimum Gasteiger partial charge on any atom is -0.333 e. The predicted octanol–water partition coefficient (Wildman–Crippen LogP) is 4.14. The molecule has 0 spiro atoms. The first-order chi connectivity index (χ1) is 11.5. The molecule has 7 heteroatoms. The van der Waals surface area contributed by atoms with E-state index >= 15 is 0 Å². The summed E-state index contributed by atoms with van der Waals surface area (Å²) < 4.78 is 14.3. The highest BCUT2D eigenvalue weighted by molar-refractivity contribution is 8.14. The Bertz CT molecular complexity index is 663. The Kier molecular flexibility index (Phi) is 5.35. The Labute approximate surface area is 151 Å². The lowest BCUT2D eigenvalue weighted by atomic mass is 10.2. The van der Waals surface area contributed by atoms with Crippen molar-refractivity contribution in [2.45, 2.75) is 44.8 Å². The van der Waals surface area contributed by atoms with Crippen LogP contribution in [0.15, 0.2) is 23.2 Å². The van der Waals surface area contributed by atoms with Crippen molar-refractivity contribution in [3.05, 3.63) is 29.0 Å². The van der Waals surface area contributed by atoms with Crippen LogP contribution in [0.5, 0.6) is 0 Å². The molecule has 0 aromatic heterocycles. The Balaban J connectivity index is 1.85. The topological polar surface area (TPSA) is 35.9 Å². The van der Waals surface area contributed by atoms with Crippen LogP contribution in [0.1, 0.15) is 32.6 Å². The molecule has 1 heterocycles. The van der Waals surface area contributed by atoms with E-state index in [0.29, 0.717) is 16.8 Å². The molecule has 4 nitrogen and oxygen atoms in total. The minimum absolute atomic E-state index is 0.198. The van der Waals surface area contributed by atoms with E-state index in [4.69, 9.17) is 16.6 Å². The van der Waals surface area contributed by atoms with Crippen molar-refractivity contribution in [3.8, 4) is 0 Å². The monoisotopic (exact) mass is 369 g/mol. The molecule has 1 unspecified atom stereocenters. The van der Waals surface area contributed by atoms with E-state index in [9.17, 15) is 9.18 Å². The van der Waals surface area contributed by atoms with Gasteiger partial charge in [-0.15, -0.1) is 0 Å². The summed E-state index contributed by atoms with van der Waals surface area (Å²) in [5, 5.41) is 1.25. The van der Waals surface area contributed by atoms with Crippen LogP contribution in [-0.4, -0.2) is 41.0 Å². The molecule has 1 saturated heterocycles. The highest BCUT2D eigenvalue weighted by Crippen LogP contribution is 2.33. The number of hydrogen-bond donors (Lipinski definition) is 0. The van der Waals surface area contributed by atoms with Crippen molar-refractivity contribution in [2.24, 2.45) is 4.99 Å². The summed E-state index contributed by atoms with van der Waals surface area (Å²) in [4.78, 5) is 20.5. The van der Waals surface area contributed by atoms with Crippen LogP contribution >= 0.6 is 23.4 Å². The highest BCUT2D eigenvalue weighted by Gasteiger charge is 2.36. The highest BCUT2D eigenvalue weighted by atomic mass is 35.5. The molecule has 2 fully saturated rings. The molecule has 1 aliphatic carbocycles. The lowest BCUT2D eigenvalue weighted by molar-refractivity contribution is -0.117. The molecular weight excluding hydrogens is 349 g/mol. The van der Waals surface area contributed by atoms with Crippen molar-refractivity contribution in [2.75, 3.05) is 17.7 Å². The van der Waals surface area contributed by atoms with Gasteiger partial charge < -0.3 is 4.90 Å². The Morgan fingerprint density at radius 3 is 2.75 bits per heavy atom. The number of amides is 1. The fourth-order valence-corrected chi connectivity index (χ4v) is 4.65. The summed E-state index contributed by atoms with van der Waals surface area (Å²) in [6.45, 7) is 1.46. The molecule has 1 aromatic rings. The number of halogens is 2. The van der Waals surface area contributed by atoms with Gasteiger partial charge >= 0.3 is 0 Å². The number of anilines is 1. The largest absolute Gasteiger partial charge is 0.333 e. The molecule has 1 saturated carbocycles. The van der Waals surface area contributed by atoms with Gasteiger partial charge in [-0.05, 0) is 31.0 Å². The van der Waals surface area contributed by atoms with Gasteiger partial charge in [0.25, 0.3) is 0 Å². The van der Waals surface area contributed by atoms with Gasteiger partial charge in [0.05, 0.1) is 11.7 Å². The molecule has 0 N–H and O–H groups in total. The summed E-state index contributed by atoms with van der Waals surface area (Å²) >= 11 is 7.46. The summed E-state index contributed by atoms with van der Waals surface area (Å²) in [6.07, 6.45) is 4.47. The maximum atomic E-state index is 14.3. The smallest absolute Gasteiger partial charge is 0.225 e. The van der Waals surface area contributed by atoms with Crippen molar-refractivity contribution in [1.29, 1.82) is 0 Å². The zero-order valence-electron chi connectivity index (χ0n) is 13.8. The number of carbonyl (C=O) groups excluding carboxylic acids is 1. The molecule has 0 radical (unpaired) electrons. The van der Waals surface area contributed by atoms with Gasteiger partial charge in [0, 0.05) is 24.7 Å². The lowest BCUT2D eigenvalue weighted by Crippen LogP contribution is -2.48. The van der Waals surface area contributed by atoms with E-state index in [1.165, 1.54) is 30.7 Å². The maximum Gasteiger partial charge on any atom is 0.225 e. The first kappa shape index (κ1) is 17.5. The third-order valence-corrected chi connectivity index (χ3v) is 5.89. The second-order valence-electron chi connectivity index (χ2n) is 6.24. The van der Waals surface area contributed by atoms with Crippen LogP contribution in [0, 0.1) is 5.82 Å². The minimum atomic E-state index is -0.489. The average molecular weight is 370 g/mol. The SMILES string of the molecule is CC(=O)N(c1ccc(Cl)cc1F)C1CSC(=NC2CCCC2)N1C. The predicted molar refractivity (Wildman–Crippen MR) is 98.3 cm³/mol. The van der Waals surface area contributed by atoms with Gasteiger partial charge in [-0.1, -0.05) is 36.2 Å². The maximum absolute atomic E-state index is 14.3. The summed E-state index contributed by atoms with van der Waals surface area (Å²) in [6, 6.07) is 4.78. The van der Waals surface area contributed by atoms with E-state index in [1.807, 2.05) is 11.9 Å². The second-order valence-corrected chi connectivity index (χ2v) is 7.66. The number of amidine groups is 1. The third kappa shape index (κ3) is 3.54. The Morgan fingerprint density at radius 1 is 1.42 bits per heavy atom. The molecule has 24 heavy (non-hydrogen) atoms. The van der Waals surface area contributed by atoms with Gasteiger partial charge in [0.15, 0.2) is 5.17 Å². The Hall–Kier alpha value is -1.27. The quantitative estimate of drug-likeness (QED) is 0.803. The summed E-state index contributed by atoms with van der Waals surface area (Å²) in [7, 11) is 1.92. The fourth-order valence-electron chi connectivity index (χ4n) is 3.27. The summed E-state index contributed by atoms with van der Waals surface area (Å²) in [5.41, 5.74) is 0.256. The molecule has 1 amide bonds. The number of benzene rings is 1. The first-order valence-electron chi connectivity index (χ1n) is 8.15. The zero-order valence-corrected chi connectivity index (χ0v) is 15.4. The fraction of sp³-hybridized carbons (Fsp3) is 0.529. The number of aliphatic imine (C=N–C) groups is 1. The lowest BCUT2D eigenvalue weighted by Gasteiger charge is -2.33. The Morgan fingerprint density at radius 2 is 2.12 bits per heavy atom. The van der Waals surface area contributed by atoms with E-state index in [1.54, 1.807) is 23.9 Å². The molecule has 2 aliphatic rings. The molecule has 1 atom stereocenters. The van der Waals surface area contributed by atoms with Crippen molar-refractivity contribution < 1.29 is 9.18 Å². The summed E-state index contributed by atoms with van der Waals surface area (Å²) in [5.74, 6) is -0.0166. The molecular formula is C17H21ClFN3OS. The van der Waals surface area contributed by atoms with Crippen molar-refractivity contribution in [1.82, 2.24) is 4.90 Å². The molecule has 3 rings (SSSR count). The second kappa shape index (κ2) is 7.31. The van der Waals surface area contributed by atoms with Crippen LogP contribution in [0.3, 0.4) is 0 Å². The number of hydrogen-bond acceptors (Lipinski definition) is 3. The molecule has 130 valence electrons. The standard InChI is InChI=1S/C17H21ClFN3OS/c1-11(23)22(15-8-7-12(18)9-14(15)19)16-10-24-17(21(16)2)20-13-5-3-4-6-13/h7-9,13,16H,3-6,10H2,1-2H3. The van der Waals surface area contributed by atoms with Crippen LogP contribution in [0.2, 0.25) is 5.02 Å². The van der Waals surface area contributed by atoms with Crippen LogP contribution < -0.4 is 4.90 Å². The number of carbonyl (C=O) groups is 1. The number of nitrogens with zero attached hydrogens (tertiary/aromatic N) is 3. The van der Waals surface area contributed by atoms with E-state index in [2.05, 4.69) is 0 Å².